The summed E-state index contributed by atoms with van der Waals surface area (Å²) in [6.07, 6.45) is 5.89. The van der Waals surface area contributed by atoms with Crippen molar-refractivity contribution in [1.29, 1.82) is 5.26 Å². The van der Waals surface area contributed by atoms with Crippen molar-refractivity contribution in [2.24, 2.45) is 0 Å². The Labute approximate surface area is 199 Å². The third kappa shape index (κ3) is 3.88. The monoisotopic (exact) mass is 475 g/mol. The predicted octanol–water partition coefficient (Wildman–Crippen LogP) is 6.27. The fourth-order valence-electron chi connectivity index (χ4n) is 4.34. The Morgan fingerprint density at radius 2 is 2.09 bits per heavy atom. The van der Waals surface area contributed by atoms with Gasteiger partial charge in [0, 0.05) is 16.3 Å². The van der Waals surface area contributed by atoms with E-state index in [0.29, 0.717) is 11.1 Å². The van der Waals surface area contributed by atoms with E-state index < -0.39 is 5.97 Å². The molecule has 166 valence electrons. The maximum atomic E-state index is 12.0. The molecular formula is C25H21N3O3S2. The summed E-state index contributed by atoms with van der Waals surface area (Å²) < 4.78 is 7.78. The van der Waals surface area contributed by atoms with E-state index in [1.165, 1.54) is 10.4 Å². The number of benzene rings is 1. The van der Waals surface area contributed by atoms with Crippen molar-refractivity contribution < 1.29 is 14.3 Å². The fourth-order valence-corrected chi connectivity index (χ4v) is 6.52. The quantitative estimate of drug-likeness (QED) is 0.270. The maximum absolute atomic E-state index is 12.0. The molecule has 1 aliphatic rings. The van der Waals surface area contributed by atoms with Gasteiger partial charge in [-0.1, -0.05) is 12.1 Å². The average Bonchev–Trinajstić information content (AvgIpc) is 3.45. The van der Waals surface area contributed by atoms with Crippen molar-refractivity contribution in [3.63, 3.8) is 0 Å². The highest BCUT2D eigenvalue weighted by atomic mass is 32.2. The Morgan fingerprint density at radius 3 is 2.85 bits per heavy atom. The summed E-state index contributed by atoms with van der Waals surface area (Å²) in [5.74, 6) is -1.05. The van der Waals surface area contributed by atoms with Crippen LogP contribution in [0.5, 0.6) is 0 Å². The van der Waals surface area contributed by atoms with E-state index in [0.717, 1.165) is 65.0 Å². The molecule has 8 heteroatoms. The molecular weight excluding hydrogens is 454 g/mol. The molecule has 3 aromatic heterocycles. The minimum Gasteiger partial charge on any atom is -0.477 e. The van der Waals surface area contributed by atoms with Gasteiger partial charge in [-0.05, 0) is 86.7 Å². The van der Waals surface area contributed by atoms with Crippen molar-refractivity contribution in [3.8, 4) is 11.1 Å². The molecule has 0 unspecified atom stereocenters. The maximum Gasteiger partial charge on any atom is 0.342 e. The largest absolute Gasteiger partial charge is 0.477 e. The van der Waals surface area contributed by atoms with Gasteiger partial charge in [0.25, 0.3) is 5.22 Å². The topological polar surface area (TPSA) is 92.0 Å². The van der Waals surface area contributed by atoms with Gasteiger partial charge in [0.2, 0.25) is 0 Å². The molecule has 0 radical (unpaired) electrons. The minimum atomic E-state index is -1.05. The zero-order chi connectivity index (χ0) is 23.1. The Kier molecular flexibility index (Phi) is 5.60. The molecule has 0 fully saturated rings. The second-order valence-electron chi connectivity index (χ2n) is 8.03. The molecule has 6 nitrogen and oxygen atoms in total. The number of rotatable bonds is 5. The number of carbonyl (C=O) groups is 1. The number of aliphatic carboxylic acids is 1. The van der Waals surface area contributed by atoms with Gasteiger partial charge in [-0.2, -0.15) is 5.26 Å². The van der Waals surface area contributed by atoms with E-state index in [1.807, 2.05) is 38.1 Å². The van der Waals surface area contributed by atoms with E-state index in [4.69, 9.17) is 4.42 Å². The molecule has 1 aliphatic carbocycles. The summed E-state index contributed by atoms with van der Waals surface area (Å²) in [5.41, 5.74) is 5.91. The van der Waals surface area contributed by atoms with Gasteiger partial charge in [-0.3, -0.25) is 0 Å². The van der Waals surface area contributed by atoms with Crippen LogP contribution in [0.15, 0.2) is 44.9 Å². The lowest BCUT2D eigenvalue weighted by Crippen LogP contribution is -2.02. The van der Waals surface area contributed by atoms with Crippen LogP contribution in [0.4, 0.5) is 0 Å². The SMILES string of the molecule is Cc1cc(/C=C(\Sc2nc3ccccc3o2)C(=O)O)c(C)n1-c1sc2c(c1C#N)CCCC2. The van der Waals surface area contributed by atoms with E-state index in [2.05, 4.69) is 15.6 Å². The molecule has 4 aromatic rings. The molecule has 3 heterocycles. The first kappa shape index (κ1) is 21.6. The molecule has 0 saturated heterocycles. The van der Waals surface area contributed by atoms with Crippen molar-refractivity contribution in [2.75, 3.05) is 0 Å². The Balaban J connectivity index is 1.55. The lowest BCUT2D eigenvalue weighted by molar-refractivity contribution is -0.131. The highest BCUT2D eigenvalue weighted by Gasteiger charge is 2.24. The predicted molar refractivity (Wildman–Crippen MR) is 130 cm³/mol. The molecule has 0 bridgehead atoms. The molecule has 5 rings (SSSR count). The van der Waals surface area contributed by atoms with Crippen LogP contribution in [-0.4, -0.2) is 20.6 Å². The second-order valence-corrected chi connectivity index (χ2v) is 10.1. The molecule has 0 amide bonds. The van der Waals surface area contributed by atoms with Crippen LogP contribution in [0.25, 0.3) is 22.2 Å². The average molecular weight is 476 g/mol. The molecule has 0 aliphatic heterocycles. The zero-order valence-electron chi connectivity index (χ0n) is 18.2. The van der Waals surface area contributed by atoms with Crippen molar-refractivity contribution in [3.05, 3.63) is 68.2 Å². The summed E-state index contributed by atoms with van der Waals surface area (Å²) >= 11 is 2.68. The van der Waals surface area contributed by atoms with Crippen LogP contribution in [0, 0.1) is 25.2 Å². The van der Waals surface area contributed by atoms with Crippen LogP contribution in [-0.2, 0) is 17.6 Å². The Hall–Kier alpha value is -3.28. The van der Waals surface area contributed by atoms with Crippen LogP contribution in [0.2, 0.25) is 0 Å². The number of para-hydroxylation sites is 2. The normalized spacial score (nSPS) is 13.8. The molecule has 0 saturated carbocycles. The van der Waals surface area contributed by atoms with Gasteiger partial charge < -0.3 is 14.1 Å². The van der Waals surface area contributed by atoms with Gasteiger partial charge in [-0.25, -0.2) is 9.78 Å². The van der Waals surface area contributed by atoms with Crippen molar-refractivity contribution in [1.82, 2.24) is 9.55 Å². The third-order valence-corrected chi connectivity index (χ3v) is 8.05. The minimum absolute atomic E-state index is 0.118. The third-order valence-electron chi connectivity index (χ3n) is 5.91. The van der Waals surface area contributed by atoms with Crippen LogP contribution in [0.1, 0.15) is 45.8 Å². The lowest BCUT2D eigenvalue weighted by Gasteiger charge is -2.10. The Morgan fingerprint density at radius 1 is 1.30 bits per heavy atom. The summed E-state index contributed by atoms with van der Waals surface area (Å²) in [6, 6.07) is 11.7. The number of aromatic nitrogens is 2. The standard InChI is InChI=1S/C25H21N3O3S2/c1-14-11-16(12-22(24(29)30)33-25-27-19-8-4-5-9-20(19)31-25)15(2)28(14)23-18(13-26)17-7-3-6-10-21(17)32-23/h4-5,8-9,11-12H,3,6-7,10H2,1-2H3,(H,29,30)/b22-12-. The molecule has 1 aromatic carbocycles. The van der Waals surface area contributed by atoms with Crippen LogP contribution < -0.4 is 0 Å². The first-order valence-electron chi connectivity index (χ1n) is 10.7. The number of oxazole rings is 1. The highest BCUT2D eigenvalue weighted by Crippen LogP contribution is 2.39. The van der Waals surface area contributed by atoms with E-state index >= 15 is 0 Å². The number of aryl methyl sites for hydroxylation is 2. The van der Waals surface area contributed by atoms with E-state index in [-0.39, 0.29) is 10.1 Å². The second kappa shape index (κ2) is 8.58. The Bertz CT molecular complexity index is 1430. The van der Waals surface area contributed by atoms with E-state index in [1.54, 1.807) is 23.5 Å². The summed E-state index contributed by atoms with van der Waals surface area (Å²) in [5, 5.41) is 21.0. The van der Waals surface area contributed by atoms with Gasteiger partial charge in [0.05, 0.1) is 5.56 Å². The number of thiophene rings is 1. The van der Waals surface area contributed by atoms with E-state index in [9.17, 15) is 15.2 Å². The zero-order valence-corrected chi connectivity index (χ0v) is 19.8. The molecule has 0 spiro atoms. The van der Waals surface area contributed by atoms with Crippen molar-refractivity contribution in [2.45, 2.75) is 44.8 Å². The van der Waals surface area contributed by atoms with Gasteiger partial charge >= 0.3 is 5.97 Å². The lowest BCUT2D eigenvalue weighted by atomic mass is 9.96. The molecule has 33 heavy (non-hydrogen) atoms. The summed E-state index contributed by atoms with van der Waals surface area (Å²) in [4.78, 5) is 17.8. The summed E-state index contributed by atoms with van der Waals surface area (Å²) in [6.45, 7) is 3.95. The smallest absolute Gasteiger partial charge is 0.342 e. The number of carboxylic acid groups (broad SMARTS) is 1. The first-order valence-corrected chi connectivity index (χ1v) is 12.3. The fraction of sp³-hybridized carbons (Fsp3) is 0.240. The molecule has 1 N–H and O–H groups in total. The van der Waals surface area contributed by atoms with Gasteiger partial charge in [0.15, 0.2) is 5.58 Å². The summed E-state index contributed by atoms with van der Waals surface area (Å²) in [7, 11) is 0. The highest BCUT2D eigenvalue weighted by molar-refractivity contribution is 8.03. The van der Waals surface area contributed by atoms with Gasteiger partial charge in [0.1, 0.15) is 21.5 Å². The number of nitriles is 1. The van der Waals surface area contributed by atoms with Crippen LogP contribution in [0.3, 0.4) is 0 Å². The number of carboxylic acids is 1. The van der Waals surface area contributed by atoms with Crippen LogP contribution >= 0.6 is 23.1 Å². The number of thioether (sulfide) groups is 1. The number of fused-ring (bicyclic) bond motifs is 2. The number of hydrogen-bond acceptors (Lipinski definition) is 6. The number of hydrogen-bond donors (Lipinski definition) is 1. The van der Waals surface area contributed by atoms with Crippen molar-refractivity contribution >= 4 is 46.2 Å². The first-order chi connectivity index (χ1) is 16.0. The molecule has 0 atom stereocenters. The number of nitrogens with zero attached hydrogens (tertiary/aromatic N) is 3. The van der Waals surface area contributed by atoms with Gasteiger partial charge in [-0.15, -0.1) is 11.3 Å².